The molecule has 9 heavy (non-hydrogen) atoms. The van der Waals surface area contributed by atoms with Crippen molar-refractivity contribution in [1.82, 2.24) is 0 Å². The number of carbonyl (C=O) groups excluding carboxylic acids is 1. The predicted octanol–water partition coefficient (Wildman–Crippen LogP) is 0.910. The van der Waals surface area contributed by atoms with E-state index >= 15 is 0 Å². The van der Waals surface area contributed by atoms with E-state index in [2.05, 4.69) is 6.92 Å². The van der Waals surface area contributed by atoms with E-state index in [1.165, 1.54) is 0 Å². The van der Waals surface area contributed by atoms with Gasteiger partial charge in [0.05, 0.1) is 0 Å². The summed E-state index contributed by atoms with van der Waals surface area (Å²) in [5, 5.41) is 0. The van der Waals surface area contributed by atoms with Crippen LogP contribution in [0.4, 0.5) is 0 Å². The molecule has 0 unspecified atom stereocenters. The molecule has 0 rings (SSSR count). The first-order valence-corrected chi connectivity index (χ1v) is 2.84. The van der Waals surface area contributed by atoms with E-state index < -0.39 is 0 Å². The maximum Gasteiger partial charge on any atom is 0.226 e. The molecule has 2 nitrogen and oxygen atoms in total. The van der Waals surface area contributed by atoms with E-state index in [0.29, 0.717) is 6.61 Å². The van der Waals surface area contributed by atoms with E-state index in [9.17, 15) is 4.79 Å². The smallest absolute Gasteiger partial charge is 0.226 e. The first-order chi connectivity index (χ1) is 3.91. The van der Waals surface area contributed by atoms with E-state index in [1.54, 1.807) is 6.29 Å². The molecule has 0 amide bonds. The quantitative estimate of drug-likeness (QED) is 0.462. The zero-order chi connectivity index (χ0) is 6.24. The van der Waals surface area contributed by atoms with Crippen molar-refractivity contribution < 1.29 is 26.6 Å². The molecule has 2 radical (unpaired) electrons. The van der Waals surface area contributed by atoms with Gasteiger partial charge in [0.25, 0.3) is 0 Å². The number of ether oxygens (including phenoxy) is 1. The summed E-state index contributed by atoms with van der Waals surface area (Å²) in [6.07, 6.45) is 3.79. The number of rotatable bonds is 5. The summed E-state index contributed by atoms with van der Waals surface area (Å²) in [5.74, 6) is 0. The van der Waals surface area contributed by atoms with Gasteiger partial charge in [-0.3, -0.25) is 4.79 Å². The average molecular weight is 179 g/mol. The van der Waals surface area contributed by atoms with Crippen molar-refractivity contribution >= 4 is 6.29 Å². The van der Waals surface area contributed by atoms with Gasteiger partial charge in [-0.1, -0.05) is 13.3 Å². The van der Waals surface area contributed by atoms with Gasteiger partial charge in [0.15, 0.2) is 0 Å². The predicted molar refractivity (Wildman–Crippen MR) is 31.4 cm³/mol. The maximum atomic E-state index is 9.52. The minimum atomic E-state index is 0. The molecular weight excluding hydrogens is 168 g/mol. The second kappa shape index (κ2) is 11.0. The van der Waals surface area contributed by atoms with Gasteiger partial charge >= 0.3 is 0 Å². The molecule has 0 saturated carbocycles. The third kappa shape index (κ3) is 11.6. The number of hydrogen-bond donors (Lipinski definition) is 0. The van der Waals surface area contributed by atoms with Gasteiger partial charge in [0.2, 0.25) is 6.29 Å². The summed E-state index contributed by atoms with van der Waals surface area (Å²) in [6.45, 7) is 2.89. The van der Waals surface area contributed by atoms with Crippen molar-refractivity contribution in [2.24, 2.45) is 0 Å². The Morgan fingerprint density at radius 3 is 2.67 bits per heavy atom. The van der Waals surface area contributed by atoms with E-state index in [0.717, 1.165) is 12.8 Å². The molecule has 3 heteroatoms. The van der Waals surface area contributed by atoms with Crippen LogP contribution in [0.15, 0.2) is 0 Å². The molecule has 0 bridgehead atoms. The minimum absolute atomic E-state index is 0. The zero-order valence-corrected chi connectivity index (χ0v) is 6.39. The van der Waals surface area contributed by atoms with E-state index in [1.807, 2.05) is 0 Å². The van der Waals surface area contributed by atoms with Gasteiger partial charge in [-0.2, -0.15) is 0 Å². The van der Waals surface area contributed by atoms with E-state index in [-0.39, 0.29) is 23.7 Å². The van der Waals surface area contributed by atoms with Crippen LogP contribution in [0.1, 0.15) is 19.8 Å². The van der Waals surface area contributed by atoms with Crippen LogP contribution in [-0.2, 0) is 26.6 Å². The summed E-state index contributed by atoms with van der Waals surface area (Å²) < 4.78 is 4.80. The maximum absolute atomic E-state index is 9.52. The fraction of sp³-hybridized carbons (Fsp3) is 0.833. The number of hydrogen-bond acceptors (Lipinski definition) is 2. The third-order valence-electron chi connectivity index (χ3n) is 0.803. The molecule has 0 atom stereocenters. The van der Waals surface area contributed by atoms with Crippen molar-refractivity contribution in [1.29, 1.82) is 0 Å². The molecule has 0 saturated heterocycles. The van der Waals surface area contributed by atoms with Crippen LogP contribution in [-0.4, -0.2) is 19.5 Å². The molecule has 58 valence electrons. The molecule has 0 spiro atoms. The van der Waals surface area contributed by atoms with E-state index in [4.69, 9.17) is 4.74 Å². The van der Waals surface area contributed by atoms with Crippen LogP contribution < -0.4 is 0 Å². The second-order valence-electron chi connectivity index (χ2n) is 1.55. The van der Waals surface area contributed by atoms with Gasteiger partial charge < -0.3 is 4.74 Å². The normalized spacial score (nSPS) is 8.11. The van der Waals surface area contributed by atoms with Gasteiger partial charge in [-0.15, -0.1) is 0 Å². The fourth-order valence-electron chi connectivity index (χ4n) is 0.360. The Bertz CT molecular complexity index is 57.0. The fourth-order valence-corrected chi connectivity index (χ4v) is 0.360. The molecule has 0 aromatic carbocycles. The van der Waals surface area contributed by atoms with Gasteiger partial charge in [-0.05, 0) is 6.42 Å². The first-order valence-electron chi connectivity index (χ1n) is 2.84. The largest absolute Gasteiger partial charge is 0.373 e. The average Bonchev–Trinajstić information content (AvgIpc) is 1.81. The van der Waals surface area contributed by atoms with Gasteiger partial charge in [-0.25, -0.2) is 0 Å². The molecule has 0 aromatic heterocycles. The summed E-state index contributed by atoms with van der Waals surface area (Å²) >= 11 is 0. The molecule has 0 aliphatic rings. The van der Waals surface area contributed by atoms with Crippen LogP contribution in [0, 0.1) is 0 Å². The van der Waals surface area contributed by atoms with Crippen molar-refractivity contribution in [3.8, 4) is 0 Å². The van der Waals surface area contributed by atoms with Crippen molar-refractivity contribution in [3.63, 3.8) is 0 Å². The zero-order valence-electron chi connectivity index (χ0n) is 5.45. The molecule has 0 fully saturated rings. The first kappa shape index (κ1) is 11.9. The number of unbranched alkanes of at least 4 members (excludes halogenated alkanes) is 1. The van der Waals surface area contributed by atoms with Gasteiger partial charge in [0.1, 0.15) is 6.61 Å². The molecular formula is C6H11CuO2. The second-order valence-corrected chi connectivity index (χ2v) is 1.55. The summed E-state index contributed by atoms with van der Waals surface area (Å²) in [6, 6.07) is 0. The van der Waals surface area contributed by atoms with Crippen molar-refractivity contribution in [2.75, 3.05) is 13.2 Å². The summed E-state index contributed by atoms with van der Waals surface area (Å²) in [4.78, 5) is 9.52. The van der Waals surface area contributed by atoms with Gasteiger partial charge in [0, 0.05) is 23.7 Å². The Labute approximate surface area is 66.4 Å². The molecule has 0 N–H and O–H groups in total. The SMILES string of the molecule is CCCCOC[C]=O.[Cu]. The Morgan fingerprint density at radius 2 is 2.22 bits per heavy atom. The summed E-state index contributed by atoms with van der Waals surface area (Å²) in [5.41, 5.74) is 0. The Hall–Kier alpha value is 0.149. The van der Waals surface area contributed by atoms with Crippen molar-refractivity contribution in [2.45, 2.75) is 19.8 Å². The van der Waals surface area contributed by atoms with Crippen molar-refractivity contribution in [3.05, 3.63) is 0 Å². The molecule has 0 aliphatic heterocycles. The van der Waals surface area contributed by atoms with Crippen LogP contribution in [0.2, 0.25) is 0 Å². The Morgan fingerprint density at radius 1 is 1.56 bits per heavy atom. The minimum Gasteiger partial charge on any atom is -0.373 e. The van der Waals surface area contributed by atoms with Crippen LogP contribution >= 0.6 is 0 Å². The standard InChI is InChI=1S/C6H11O2.Cu/c1-2-3-5-8-6-4-7;/h2-3,5-6H2,1H3;. The summed E-state index contributed by atoms with van der Waals surface area (Å²) in [7, 11) is 0. The third-order valence-corrected chi connectivity index (χ3v) is 0.803. The Kier molecular flexibility index (Phi) is 14.6. The molecule has 0 heterocycles. The topological polar surface area (TPSA) is 26.3 Å². The van der Waals surface area contributed by atoms with Crippen LogP contribution in [0.5, 0.6) is 0 Å². The molecule has 0 aromatic rings. The van der Waals surface area contributed by atoms with Crippen LogP contribution in [0.25, 0.3) is 0 Å². The van der Waals surface area contributed by atoms with Crippen LogP contribution in [0.3, 0.4) is 0 Å². The Balaban J connectivity index is 0. The molecule has 0 aliphatic carbocycles. The monoisotopic (exact) mass is 178 g/mol.